The molecule has 0 aliphatic carbocycles. The van der Waals surface area contributed by atoms with Gasteiger partial charge in [0.1, 0.15) is 0 Å². The molecule has 2 aromatic carbocycles. The smallest absolute Gasteiger partial charge is 1.00 e. The number of hydrogen-bond acceptors (Lipinski definition) is 3. The van der Waals surface area contributed by atoms with Crippen molar-refractivity contribution >= 4 is 23.8 Å². The molecule has 0 saturated carbocycles. The fraction of sp³-hybridized carbons (Fsp3) is 0.568. The molecule has 0 aliphatic heterocycles. The van der Waals surface area contributed by atoms with Crippen molar-refractivity contribution in [3.05, 3.63) is 86.7 Å². The summed E-state index contributed by atoms with van der Waals surface area (Å²) < 4.78 is 0. The SMILES string of the molecule is CCCCc1cc(CCCC)c(N=Cc2cc(C)cc(C=Nc3c(CCCC)cc(CCCC)cc3CCCC)n2)c(CCCC)c1.[Cl-].[Cl-].[Cl-].[V+3]. The number of pyridine rings is 1. The monoisotopic (exact) mass is 791 g/mol. The van der Waals surface area contributed by atoms with E-state index in [1.807, 2.05) is 12.4 Å². The molecule has 0 saturated heterocycles. The van der Waals surface area contributed by atoms with Crippen LogP contribution in [0.3, 0.4) is 0 Å². The Morgan fingerprint density at radius 2 is 0.725 bits per heavy atom. The van der Waals surface area contributed by atoms with Crippen molar-refractivity contribution < 1.29 is 55.8 Å². The molecule has 0 fully saturated rings. The number of aromatic nitrogens is 1. The third kappa shape index (κ3) is 17.8. The molecule has 0 amide bonds. The minimum absolute atomic E-state index is 0. The largest absolute Gasteiger partial charge is 3.00 e. The van der Waals surface area contributed by atoms with E-state index < -0.39 is 0 Å². The van der Waals surface area contributed by atoms with Gasteiger partial charge in [-0.05, 0) is 135 Å². The van der Waals surface area contributed by atoms with Gasteiger partial charge in [-0.15, -0.1) is 0 Å². The van der Waals surface area contributed by atoms with Crippen molar-refractivity contribution in [3.63, 3.8) is 0 Å². The summed E-state index contributed by atoms with van der Waals surface area (Å²) >= 11 is 0. The predicted molar refractivity (Wildman–Crippen MR) is 208 cm³/mol. The minimum Gasteiger partial charge on any atom is -1.00 e. The Kier molecular flexibility index (Phi) is 30.1. The summed E-state index contributed by atoms with van der Waals surface area (Å²) in [5.74, 6) is 0. The zero-order valence-corrected chi connectivity index (χ0v) is 36.4. The van der Waals surface area contributed by atoms with Gasteiger partial charge >= 0.3 is 18.6 Å². The van der Waals surface area contributed by atoms with Crippen LogP contribution in [0.2, 0.25) is 0 Å². The van der Waals surface area contributed by atoms with E-state index in [4.69, 9.17) is 15.0 Å². The number of rotatable bonds is 22. The van der Waals surface area contributed by atoms with Gasteiger partial charge in [0.05, 0.1) is 35.2 Å². The summed E-state index contributed by atoms with van der Waals surface area (Å²) in [6.45, 7) is 15.8. The number of aryl methyl sites for hydroxylation is 7. The van der Waals surface area contributed by atoms with Gasteiger partial charge in [-0.3, -0.25) is 9.98 Å². The second-order valence-corrected chi connectivity index (χ2v) is 13.7. The topological polar surface area (TPSA) is 37.6 Å². The Morgan fingerprint density at radius 1 is 0.451 bits per heavy atom. The van der Waals surface area contributed by atoms with Crippen molar-refractivity contribution in [2.24, 2.45) is 9.98 Å². The molecule has 51 heavy (non-hydrogen) atoms. The molecule has 0 spiro atoms. The Morgan fingerprint density at radius 3 is 1.00 bits per heavy atom. The Balaban J connectivity index is 0. The van der Waals surface area contributed by atoms with E-state index in [-0.39, 0.29) is 55.8 Å². The molecule has 1 heterocycles. The Hall–Kier alpha value is -1.62. The molecular weight excluding hydrogens is 728 g/mol. The van der Waals surface area contributed by atoms with Crippen LogP contribution in [0.25, 0.3) is 0 Å². The van der Waals surface area contributed by atoms with E-state index in [1.165, 1.54) is 127 Å². The maximum atomic E-state index is 5.20. The molecule has 0 atom stereocenters. The summed E-state index contributed by atoms with van der Waals surface area (Å²) in [5, 5.41) is 0. The van der Waals surface area contributed by atoms with E-state index >= 15 is 0 Å². The summed E-state index contributed by atoms with van der Waals surface area (Å²) in [6.07, 6.45) is 25.1. The summed E-state index contributed by atoms with van der Waals surface area (Å²) in [7, 11) is 0. The van der Waals surface area contributed by atoms with Gasteiger partial charge in [0.2, 0.25) is 0 Å². The first-order chi connectivity index (χ1) is 23.0. The average molecular weight is 793 g/mol. The van der Waals surface area contributed by atoms with Gasteiger partial charge in [0.25, 0.3) is 0 Å². The average Bonchev–Trinajstić information content (AvgIpc) is 3.07. The molecule has 0 radical (unpaired) electrons. The first kappa shape index (κ1) is 51.5. The molecule has 282 valence electrons. The first-order valence-corrected chi connectivity index (χ1v) is 19.3. The number of unbranched alkanes of at least 4 members (excludes halogenated alkanes) is 6. The first-order valence-electron chi connectivity index (χ1n) is 19.3. The van der Waals surface area contributed by atoms with Crippen molar-refractivity contribution in [1.82, 2.24) is 4.98 Å². The number of aliphatic imine (C=N–C) groups is 2. The molecule has 3 aromatic rings. The zero-order valence-electron chi connectivity index (χ0n) is 32.8. The maximum absolute atomic E-state index is 5.20. The summed E-state index contributed by atoms with van der Waals surface area (Å²) in [6, 6.07) is 14.1. The van der Waals surface area contributed by atoms with Crippen molar-refractivity contribution in [2.75, 3.05) is 0 Å². The zero-order chi connectivity index (χ0) is 33.9. The normalized spacial score (nSPS) is 10.9. The molecule has 1 aromatic heterocycles. The van der Waals surface area contributed by atoms with E-state index in [1.54, 1.807) is 0 Å². The third-order valence-electron chi connectivity index (χ3n) is 9.15. The molecular formula is C44H65Cl3N3V. The summed E-state index contributed by atoms with van der Waals surface area (Å²) in [5.41, 5.74) is 13.9. The third-order valence-corrected chi connectivity index (χ3v) is 9.15. The quantitative estimate of drug-likeness (QED) is 0.142. The molecule has 0 N–H and O–H groups in total. The van der Waals surface area contributed by atoms with Gasteiger partial charge in [0, 0.05) is 0 Å². The molecule has 3 nitrogen and oxygen atoms in total. The van der Waals surface area contributed by atoms with Crippen LogP contribution in [0.15, 0.2) is 46.4 Å². The Bertz CT molecular complexity index is 1280. The van der Waals surface area contributed by atoms with E-state index in [0.29, 0.717) is 0 Å². The van der Waals surface area contributed by atoms with Gasteiger partial charge in [-0.25, -0.2) is 4.98 Å². The number of nitrogens with zero attached hydrogens (tertiary/aromatic N) is 3. The maximum Gasteiger partial charge on any atom is 3.00 e. The number of benzene rings is 2. The van der Waals surface area contributed by atoms with Crippen molar-refractivity contribution in [3.8, 4) is 0 Å². The van der Waals surface area contributed by atoms with Crippen LogP contribution in [0.4, 0.5) is 11.4 Å². The number of hydrogen-bond donors (Lipinski definition) is 0. The standard InChI is InChI=1S/C44H65N3.3ClH.V/c1-8-14-20-35-28-37(22-16-10-3)43(38(29-35)23-17-11-4)45-32-41-26-34(7)27-42(47-41)33-46-44-39(24-18-12-5)30-36(21-15-9-2)31-40(44)25-19-13-6;;;;/h26-33H,8-25H2,1-7H3;3*1H;/q;;;;+3/p-3. The van der Waals surface area contributed by atoms with Gasteiger partial charge in [-0.2, -0.15) is 0 Å². The van der Waals surface area contributed by atoms with Crippen LogP contribution in [-0.4, -0.2) is 17.4 Å². The summed E-state index contributed by atoms with van der Waals surface area (Å²) in [4.78, 5) is 15.5. The van der Waals surface area contributed by atoms with Crippen molar-refractivity contribution in [2.45, 2.75) is 164 Å². The van der Waals surface area contributed by atoms with Crippen LogP contribution >= 0.6 is 0 Å². The van der Waals surface area contributed by atoms with Gasteiger partial charge in [0.15, 0.2) is 0 Å². The van der Waals surface area contributed by atoms with Crippen LogP contribution < -0.4 is 37.2 Å². The van der Waals surface area contributed by atoms with Crippen molar-refractivity contribution in [1.29, 1.82) is 0 Å². The molecule has 0 bridgehead atoms. The molecule has 0 aliphatic rings. The number of halogens is 3. The van der Waals surface area contributed by atoms with Gasteiger partial charge in [-0.1, -0.05) is 104 Å². The fourth-order valence-corrected chi connectivity index (χ4v) is 6.39. The van der Waals surface area contributed by atoms with Crippen LogP contribution in [0.1, 0.15) is 169 Å². The van der Waals surface area contributed by atoms with E-state index in [0.717, 1.165) is 49.9 Å². The second kappa shape index (κ2) is 29.8. The molecule has 0 unspecified atom stereocenters. The van der Waals surface area contributed by atoms with Crippen LogP contribution in [0.5, 0.6) is 0 Å². The second-order valence-electron chi connectivity index (χ2n) is 13.7. The molecule has 7 heteroatoms. The van der Waals surface area contributed by atoms with E-state index in [9.17, 15) is 0 Å². The molecule has 3 rings (SSSR count). The predicted octanol–water partition coefficient (Wildman–Crippen LogP) is 3.96. The van der Waals surface area contributed by atoms with Crippen LogP contribution in [0, 0.1) is 6.92 Å². The van der Waals surface area contributed by atoms with E-state index in [2.05, 4.69) is 84.9 Å². The van der Waals surface area contributed by atoms with Crippen LogP contribution in [-0.2, 0) is 57.1 Å². The Labute approximate surface area is 343 Å². The minimum atomic E-state index is 0. The fourth-order valence-electron chi connectivity index (χ4n) is 6.39. The van der Waals surface area contributed by atoms with Gasteiger partial charge < -0.3 is 37.2 Å².